The van der Waals surface area contributed by atoms with Gasteiger partial charge in [-0.1, -0.05) is 53.7 Å². The summed E-state index contributed by atoms with van der Waals surface area (Å²) in [7, 11) is 0. The number of benzene rings is 2. The van der Waals surface area contributed by atoms with Gasteiger partial charge in [-0.3, -0.25) is 4.79 Å². The van der Waals surface area contributed by atoms with Crippen LogP contribution in [0, 0.1) is 6.92 Å². The molecule has 0 fully saturated rings. The molecular weight excluding hydrogens is 389 g/mol. The second-order valence-electron chi connectivity index (χ2n) is 6.11. The van der Waals surface area contributed by atoms with Gasteiger partial charge in [0.2, 0.25) is 5.91 Å². The number of carbonyl (C=O) groups is 1. The third kappa shape index (κ3) is 5.16. The van der Waals surface area contributed by atoms with Gasteiger partial charge in [-0.2, -0.15) is 13.2 Å². The zero-order chi connectivity index (χ0) is 20.1. The summed E-state index contributed by atoms with van der Waals surface area (Å²) in [6, 6.07) is 15.8. The molecule has 0 saturated heterocycles. The van der Waals surface area contributed by atoms with E-state index in [1.165, 1.54) is 17.8 Å². The predicted molar refractivity (Wildman–Crippen MR) is 102 cm³/mol. The van der Waals surface area contributed by atoms with E-state index in [4.69, 9.17) is 4.52 Å². The number of aryl methyl sites for hydroxylation is 1. The van der Waals surface area contributed by atoms with Gasteiger partial charge in [0.05, 0.1) is 5.56 Å². The summed E-state index contributed by atoms with van der Waals surface area (Å²) < 4.78 is 43.7. The lowest BCUT2D eigenvalue weighted by Gasteiger charge is -2.16. The van der Waals surface area contributed by atoms with Gasteiger partial charge in [0.15, 0.2) is 5.82 Å². The maximum Gasteiger partial charge on any atom is 0.416 e. The molecule has 0 aliphatic carbocycles. The molecule has 1 aromatic heterocycles. The molecule has 1 unspecified atom stereocenters. The van der Waals surface area contributed by atoms with Gasteiger partial charge in [0.25, 0.3) is 0 Å². The van der Waals surface area contributed by atoms with Crippen LogP contribution in [0.3, 0.4) is 0 Å². The number of anilines is 1. The standard InChI is InChI=1S/C20H17F3N2O2S/c1-13-10-17(25-27-13)24-19(26)18(15-7-3-2-4-8-15)28-12-14-6-5-9-16(11-14)20(21,22)23/h2-11,18H,12H2,1H3,(H,24,25,26). The Morgan fingerprint density at radius 3 is 2.54 bits per heavy atom. The van der Waals surface area contributed by atoms with Crippen LogP contribution in [-0.2, 0) is 16.7 Å². The SMILES string of the molecule is Cc1cc(NC(=O)C(SCc2cccc(C(F)(F)F)c2)c2ccccc2)no1. The Balaban J connectivity index is 1.77. The van der Waals surface area contributed by atoms with Crippen molar-refractivity contribution in [3.8, 4) is 0 Å². The Bertz CT molecular complexity index is 942. The Hall–Kier alpha value is -2.74. The molecule has 0 radical (unpaired) electrons. The Morgan fingerprint density at radius 1 is 1.14 bits per heavy atom. The van der Waals surface area contributed by atoms with E-state index in [1.54, 1.807) is 43.3 Å². The van der Waals surface area contributed by atoms with Gasteiger partial charge in [-0.15, -0.1) is 11.8 Å². The fourth-order valence-corrected chi connectivity index (χ4v) is 3.68. The Labute approximate surface area is 164 Å². The second kappa shape index (κ2) is 8.52. The summed E-state index contributed by atoms with van der Waals surface area (Å²) in [5, 5.41) is 5.82. The lowest BCUT2D eigenvalue weighted by Crippen LogP contribution is -2.19. The van der Waals surface area contributed by atoms with Gasteiger partial charge in [0.1, 0.15) is 11.0 Å². The average Bonchev–Trinajstić information content (AvgIpc) is 3.07. The number of halogens is 3. The molecule has 1 heterocycles. The molecule has 3 rings (SSSR count). The molecule has 1 N–H and O–H groups in total. The topological polar surface area (TPSA) is 55.1 Å². The number of hydrogen-bond donors (Lipinski definition) is 1. The summed E-state index contributed by atoms with van der Waals surface area (Å²) in [5.74, 6) is 0.775. The van der Waals surface area contributed by atoms with E-state index in [-0.39, 0.29) is 11.7 Å². The van der Waals surface area contributed by atoms with Crippen LogP contribution < -0.4 is 5.32 Å². The van der Waals surface area contributed by atoms with Crippen molar-refractivity contribution in [2.45, 2.75) is 24.1 Å². The first-order valence-corrected chi connectivity index (χ1v) is 9.44. The molecule has 0 aliphatic rings. The minimum Gasteiger partial charge on any atom is -0.360 e. The molecule has 1 atom stereocenters. The maximum absolute atomic E-state index is 12.9. The van der Waals surface area contributed by atoms with Crippen LogP contribution in [-0.4, -0.2) is 11.1 Å². The van der Waals surface area contributed by atoms with Gasteiger partial charge in [-0.05, 0) is 24.1 Å². The van der Waals surface area contributed by atoms with Crippen molar-refractivity contribution in [1.29, 1.82) is 0 Å². The summed E-state index contributed by atoms with van der Waals surface area (Å²) >= 11 is 1.24. The van der Waals surface area contributed by atoms with Crippen LogP contribution in [0.1, 0.15) is 27.7 Å². The fraction of sp³-hybridized carbons (Fsp3) is 0.200. The maximum atomic E-state index is 12.9. The van der Waals surface area contributed by atoms with Crippen molar-refractivity contribution < 1.29 is 22.5 Å². The highest BCUT2D eigenvalue weighted by molar-refractivity contribution is 7.99. The zero-order valence-corrected chi connectivity index (χ0v) is 15.7. The van der Waals surface area contributed by atoms with E-state index >= 15 is 0 Å². The first-order chi connectivity index (χ1) is 13.3. The number of rotatable bonds is 6. The van der Waals surface area contributed by atoms with E-state index in [9.17, 15) is 18.0 Å². The van der Waals surface area contributed by atoms with E-state index in [1.807, 2.05) is 6.07 Å². The van der Waals surface area contributed by atoms with E-state index in [0.29, 0.717) is 17.1 Å². The van der Waals surface area contributed by atoms with Crippen LogP contribution in [0.15, 0.2) is 65.2 Å². The number of alkyl halides is 3. The minimum atomic E-state index is -4.40. The summed E-state index contributed by atoms with van der Waals surface area (Å²) in [4.78, 5) is 12.8. The molecule has 3 aromatic rings. The van der Waals surface area contributed by atoms with Gasteiger partial charge in [0, 0.05) is 11.8 Å². The molecule has 0 aliphatic heterocycles. The van der Waals surface area contributed by atoms with Crippen molar-refractivity contribution in [3.05, 3.63) is 83.1 Å². The highest BCUT2D eigenvalue weighted by Gasteiger charge is 2.30. The molecule has 28 heavy (non-hydrogen) atoms. The number of carbonyl (C=O) groups excluding carboxylic acids is 1. The average molecular weight is 406 g/mol. The van der Waals surface area contributed by atoms with Crippen molar-refractivity contribution in [2.75, 3.05) is 5.32 Å². The normalized spacial score (nSPS) is 12.6. The summed E-state index contributed by atoms with van der Waals surface area (Å²) in [6.45, 7) is 1.71. The first-order valence-electron chi connectivity index (χ1n) is 8.40. The third-order valence-electron chi connectivity index (χ3n) is 3.89. The first kappa shape index (κ1) is 20.0. The van der Waals surface area contributed by atoms with Gasteiger partial charge < -0.3 is 9.84 Å². The van der Waals surface area contributed by atoms with Crippen molar-refractivity contribution in [3.63, 3.8) is 0 Å². The third-order valence-corrected chi connectivity index (χ3v) is 5.21. The fourth-order valence-electron chi connectivity index (χ4n) is 2.59. The Kier molecular flexibility index (Phi) is 6.08. The molecule has 146 valence electrons. The van der Waals surface area contributed by atoms with Crippen molar-refractivity contribution in [1.82, 2.24) is 5.16 Å². The van der Waals surface area contributed by atoms with Crippen LogP contribution >= 0.6 is 11.8 Å². The predicted octanol–water partition coefficient (Wildman–Crippen LogP) is 5.62. The smallest absolute Gasteiger partial charge is 0.360 e. The molecule has 8 heteroatoms. The van der Waals surface area contributed by atoms with E-state index in [2.05, 4.69) is 10.5 Å². The number of amides is 1. The number of nitrogens with zero attached hydrogens (tertiary/aromatic N) is 1. The Morgan fingerprint density at radius 2 is 1.89 bits per heavy atom. The molecule has 0 spiro atoms. The lowest BCUT2D eigenvalue weighted by molar-refractivity contribution is -0.137. The monoisotopic (exact) mass is 406 g/mol. The molecule has 1 amide bonds. The van der Waals surface area contributed by atoms with Crippen molar-refractivity contribution in [2.24, 2.45) is 0 Å². The molecule has 0 bridgehead atoms. The van der Waals surface area contributed by atoms with Crippen LogP contribution in [0.5, 0.6) is 0 Å². The van der Waals surface area contributed by atoms with Gasteiger partial charge >= 0.3 is 6.18 Å². The zero-order valence-electron chi connectivity index (χ0n) is 14.9. The molecule has 2 aromatic carbocycles. The lowest BCUT2D eigenvalue weighted by atomic mass is 10.1. The largest absolute Gasteiger partial charge is 0.416 e. The van der Waals surface area contributed by atoms with Crippen molar-refractivity contribution >= 4 is 23.5 Å². The quantitative estimate of drug-likeness (QED) is 0.578. The van der Waals surface area contributed by atoms with E-state index in [0.717, 1.165) is 17.7 Å². The summed E-state index contributed by atoms with van der Waals surface area (Å²) in [5.41, 5.74) is 0.535. The van der Waals surface area contributed by atoms with Crippen LogP contribution in [0.2, 0.25) is 0 Å². The highest BCUT2D eigenvalue weighted by atomic mass is 32.2. The second-order valence-corrected chi connectivity index (χ2v) is 7.21. The molecular formula is C20H17F3N2O2S. The molecule has 4 nitrogen and oxygen atoms in total. The number of hydrogen-bond acceptors (Lipinski definition) is 4. The van der Waals surface area contributed by atoms with E-state index < -0.39 is 17.0 Å². The van der Waals surface area contributed by atoms with Gasteiger partial charge in [-0.25, -0.2) is 0 Å². The summed E-state index contributed by atoms with van der Waals surface area (Å²) in [6.07, 6.45) is -4.40. The minimum absolute atomic E-state index is 0.245. The molecule has 0 saturated carbocycles. The van der Waals surface area contributed by atoms with Crippen LogP contribution in [0.25, 0.3) is 0 Å². The number of thioether (sulfide) groups is 1. The van der Waals surface area contributed by atoms with Crippen LogP contribution in [0.4, 0.5) is 19.0 Å². The number of aromatic nitrogens is 1. The number of nitrogens with one attached hydrogen (secondary N) is 1. The highest BCUT2D eigenvalue weighted by Crippen LogP contribution is 2.35.